The summed E-state index contributed by atoms with van der Waals surface area (Å²) in [5.74, 6) is -0.906. The molecule has 32 heavy (non-hydrogen) atoms. The molecule has 0 aliphatic heterocycles. The van der Waals surface area contributed by atoms with Crippen molar-refractivity contribution in [2.45, 2.75) is 19.4 Å². The highest BCUT2D eigenvalue weighted by Crippen LogP contribution is 2.27. The molecule has 3 aromatic carbocycles. The Morgan fingerprint density at radius 3 is 2.34 bits per heavy atom. The number of anilines is 3. The Labute approximate surface area is 185 Å². The number of nitrogens with one attached hydrogen (secondary N) is 2. The fourth-order valence-electron chi connectivity index (χ4n) is 3.35. The van der Waals surface area contributed by atoms with Crippen LogP contribution in [0.1, 0.15) is 35.3 Å². The Morgan fingerprint density at radius 1 is 1.00 bits per heavy atom. The van der Waals surface area contributed by atoms with E-state index in [4.69, 9.17) is 0 Å². The molecule has 0 bridgehead atoms. The molecule has 3 aromatic rings. The molecule has 1 unspecified atom stereocenters. The van der Waals surface area contributed by atoms with Crippen LogP contribution in [-0.2, 0) is 9.53 Å². The van der Waals surface area contributed by atoms with Crippen molar-refractivity contribution in [2.75, 3.05) is 31.3 Å². The molecule has 0 aromatic heterocycles. The summed E-state index contributed by atoms with van der Waals surface area (Å²) in [4.78, 5) is 49.7. The Balaban J connectivity index is 1.79. The second-order valence-corrected chi connectivity index (χ2v) is 7.37. The molecule has 8 nitrogen and oxygen atoms in total. The van der Waals surface area contributed by atoms with Gasteiger partial charge in [-0.15, -0.1) is 0 Å². The number of carbonyl (C=O) groups is 2. The van der Waals surface area contributed by atoms with Crippen molar-refractivity contribution >= 4 is 28.9 Å². The first-order valence-corrected chi connectivity index (χ1v) is 10.2. The van der Waals surface area contributed by atoms with Gasteiger partial charge in [-0.3, -0.25) is 19.2 Å². The zero-order valence-corrected chi connectivity index (χ0v) is 18.2. The van der Waals surface area contributed by atoms with Gasteiger partial charge in [0.15, 0.2) is 0 Å². The van der Waals surface area contributed by atoms with E-state index in [0.29, 0.717) is 11.3 Å². The summed E-state index contributed by atoms with van der Waals surface area (Å²) in [6.07, 6.45) is 0.721. The molecule has 0 aliphatic carbocycles. The van der Waals surface area contributed by atoms with Gasteiger partial charge in [0.2, 0.25) is 0 Å². The minimum Gasteiger partial charge on any atom is -0.468 e. The molecular weight excluding hydrogens is 410 g/mol. The first-order chi connectivity index (χ1) is 15.3. The van der Waals surface area contributed by atoms with E-state index >= 15 is 0 Å². The van der Waals surface area contributed by atoms with E-state index in [1.807, 2.05) is 37.3 Å². The van der Waals surface area contributed by atoms with Crippen molar-refractivity contribution in [3.63, 3.8) is 0 Å². The lowest BCUT2D eigenvalue weighted by atomic mass is 10.0. The van der Waals surface area contributed by atoms with Crippen LogP contribution in [0.5, 0.6) is 0 Å². The number of amides is 1. The van der Waals surface area contributed by atoms with E-state index < -0.39 is 16.8 Å². The van der Waals surface area contributed by atoms with Crippen LogP contribution in [0.25, 0.3) is 0 Å². The molecule has 0 saturated heterocycles. The highest BCUT2D eigenvalue weighted by atomic mass is 16.5. The minimum atomic E-state index is -0.616. The van der Waals surface area contributed by atoms with E-state index in [0.717, 1.165) is 12.0 Å². The number of carbonyl (C=O) groups excluding carboxylic acids is 2. The van der Waals surface area contributed by atoms with Gasteiger partial charge in [-0.1, -0.05) is 43.3 Å². The predicted molar refractivity (Wildman–Crippen MR) is 123 cm³/mol. The molecule has 0 radical (unpaired) electrons. The normalized spacial score (nSPS) is 11.6. The quantitative estimate of drug-likeness (QED) is 0.393. The van der Waals surface area contributed by atoms with Gasteiger partial charge in [0.05, 0.1) is 13.2 Å². The van der Waals surface area contributed by atoms with Crippen LogP contribution in [0.3, 0.4) is 0 Å². The van der Waals surface area contributed by atoms with Crippen molar-refractivity contribution in [1.82, 2.24) is 4.90 Å². The molecule has 1 amide bonds. The van der Waals surface area contributed by atoms with Crippen molar-refractivity contribution in [1.29, 1.82) is 0 Å². The van der Waals surface area contributed by atoms with Gasteiger partial charge in [-0.2, -0.15) is 0 Å². The number of benzene rings is 2. The number of hydrogen-bond acceptors (Lipinski definition) is 7. The number of rotatable bonds is 9. The Kier molecular flexibility index (Phi) is 7.04. The molecule has 166 valence electrons. The first kappa shape index (κ1) is 22.7. The topological polar surface area (TPSA) is 105 Å². The SMILES string of the molecule is CCC(Nc1c(Nc2cccc(C(=O)N(C)CC(=O)OC)c2)c(=O)c1=O)c1ccccc1. The van der Waals surface area contributed by atoms with Gasteiger partial charge < -0.3 is 20.3 Å². The van der Waals surface area contributed by atoms with Gasteiger partial charge in [0, 0.05) is 18.3 Å². The molecule has 0 spiro atoms. The number of hydrogen-bond donors (Lipinski definition) is 2. The van der Waals surface area contributed by atoms with Crippen molar-refractivity contribution in [3.05, 3.63) is 86.2 Å². The second kappa shape index (κ2) is 9.91. The predicted octanol–water partition coefficient (Wildman–Crippen LogP) is 2.83. The van der Waals surface area contributed by atoms with Gasteiger partial charge in [-0.25, -0.2) is 0 Å². The van der Waals surface area contributed by atoms with Crippen LogP contribution >= 0.6 is 0 Å². The van der Waals surface area contributed by atoms with Gasteiger partial charge in [0.1, 0.15) is 17.9 Å². The Bertz CT molecular complexity index is 1180. The van der Waals surface area contributed by atoms with Crippen molar-refractivity contribution in [2.24, 2.45) is 0 Å². The van der Waals surface area contributed by atoms with Crippen LogP contribution in [0.2, 0.25) is 0 Å². The van der Waals surface area contributed by atoms with Crippen molar-refractivity contribution in [3.8, 4) is 0 Å². The smallest absolute Gasteiger partial charge is 0.325 e. The number of nitrogens with zero attached hydrogens (tertiary/aromatic N) is 1. The highest BCUT2D eigenvalue weighted by Gasteiger charge is 2.24. The summed E-state index contributed by atoms with van der Waals surface area (Å²) >= 11 is 0. The fourth-order valence-corrected chi connectivity index (χ4v) is 3.35. The van der Waals surface area contributed by atoms with Gasteiger partial charge in [0.25, 0.3) is 16.8 Å². The number of methoxy groups -OCH3 is 1. The summed E-state index contributed by atoms with van der Waals surface area (Å²) < 4.78 is 4.58. The van der Waals surface area contributed by atoms with Crippen LogP contribution in [0.15, 0.2) is 64.2 Å². The number of likely N-dealkylation sites (N-methyl/N-ethyl adjacent to an activating group) is 1. The maximum Gasteiger partial charge on any atom is 0.325 e. The maximum atomic E-state index is 12.6. The van der Waals surface area contributed by atoms with Crippen molar-refractivity contribution < 1.29 is 14.3 Å². The zero-order chi connectivity index (χ0) is 23.3. The van der Waals surface area contributed by atoms with Crippen LogP contribution < -0.4 is 21.5 Å². The molecule has 2 N–H and O–H groups in total. The van der Waals surface area contributed by atoms with Gasteiger partial charge >= 0.3 is 5.97 Å². The van der Waals surface area contributed by atoms with Gasteiger partial charge in [-0.05, 0) is 30.2 Å². The molecule has 3 rings (SSSR count). The van der Waals surface area contributed by atoms with E-state index in [9.17, 15) is 19.2 Å². The summed E-state index contributed by atoms with van der Waals surface area (Å²) in [7, 11) is 2.74. The Morgan fingerprint density at radius 2 is 1.69 bits per heavy atom. The third kappa shape index (κ3) is 4.85. The van der Waals surface area contributed by atoms with E-state index in [2.05, 4.69) is 15.4 Å². The molecule has 8 heteroatoms. The average molecular weight is 435 g/mol. The average Bonchev–Trinajstić information content (AvgIpc) is 2.83. The molecule has 0 heterocycles. The maximum absolute atomic E-state index is 12.6. The standard InChI is InChI=1S/C24H25N3O5/c1-4-18(15-9-6-5-7-10-15)26-21-20(22(29)23(21)30)25-17-12-8-11-16(13-17)24(31)27(2)14-19(28)32-3/h5-13,18,25-26H,4,14H2,1-3H3. The van der Waals surface area contributed by atoms with Crippen LogP contribution in [0, 0.1) is 0 Å². The number of ether oxygens (including phenoxy) is 1. The van der Waals surface area contributed by atoms with E-state index in [-0.39, 0.29) is 29.9 Å². The summed E-state index contributed by atoms with van der Waals surface area (Å²) in [6, 6.07) is 16.0. The van der Waals surface area contributed by atoms with Crippen LogP contribution in [-0.4, -0.2) is 37.5 Å². The summed E-state index contributed by atoms with van der Waals surface area (Å²) in [5, 5.41) is 6.13. The molecular formula is C24H25N3O5. The zero-order valence-electron chi connectivity index (χ0n) is 18.2. The third-order valence-electron chi connectivity index (χ3n) is 5.16. The third-order valence-corrected chi connectivity index (χ3v) is 5.16. The summed E-state index contributed by atoms with van der Waals surface area (Å²) in [5.41, 5.74) is 1.01. The lowest BCUT2D eigenvalue weighted by Crippen LogP contribution is -2.37. The minimum absolute atomic E-state index is 0.125. The largest absolute Gasteiger partial charge is 0.468 e. The van der Waals surface area contributed by atoms with E-state index in [1.165, 1.54) is 19.1 Å². The molecule has 1 atom stereocenters. The summed E-state index contributed by atoms with van der Waals surface area (Å²) in [6.45, 7) is 1.81. The first-order valence-electron chi connectivity index (χ1n) is 10.2. The fraction of sp³-hybridized carbons (Fsp3) is 0.250. The second-order valence-electron chi connectivity index (χ2n) is 7.37. The lowest BCUT2D eigenvalue weighted by Gasteiger charge is -2.22. The highest BCUT2D eigenvalue weighted by molar-refractivity contribution is 5.97. The number of esters is 1. The van der Waals surface area contributed by atoms with E-state index in [1.54, 1.807) is 24.3 Å². The monoisotopic (exact) mass is 435 g/mol. The molecule has 0 saturated carbocycles. The molecule has 0 aliphatic rings. The Hall–Kier alpha value is -3.94. The lowest BCUT2D eigenvalue weighted by molar-refractivity contribution is -0.141. The van der Waals surface area contributed by atoms with Crippen LogP contribution in [0.4, 0.5) is 17.1 Å². The molecule has 0 fully saturated rings.